The number of aliphatic hydroxyl groups excluding tert-OH is 1. The molecule has 1 saturated heterocycles. The molecule has 1 aliphatic heterocycles. The summed E-state index contributed by atoms with van der Waals surface area (Å²) in [4.78, 5) is 27.4. The number of nitrogen functional groups attached to an aromatic ring is 1. The lowest BCUT2D eigenvalue weighted by Gasteiger charge is -2.27. The average Bonchev–Trinajstić information content (AvgIpc) is 2.81. The zero-order valence-corrected chi connectivity index (χ0v) is 14.3. The van der Waals surface area contributed by atoms with Crippen LogP contribution in [0.15, 0.2) is 47.4 Å². The Bertz CT molecular complexity index is 903. The molecule has 2 aromatic rings. The molecule has 0 unspecified atom stereocenters. The summed E-state index contributed by atoms with van der Waals surface area (Å²) in [7, 11) is 0. The summed E-state index contributed by atoms with van der Waals surface area (Å²) in [6, 6.07) is 9.09. The molecule has 0 radical (unpaired) electrons. The molecule has 9 nitrogen and oxygen atoms in total. The van der Waals surface area contributed by atoms with Crippen LogP contribution < -0.4 is 11.4 Å². The van der Waals surface area contributed by atoms with Gasteiger partial charge in [-0.05, 0) is 25.1 Å². The number of rotatable bonds is 4. The van der Waals surface area contributed by atoms with Gasteiger partial charge in [-0.2, -0.15) is 4.98 Å². The van der Waals surface area contributed by atoms with Gasteiger partial charge < -0.3 is 25.4 Å². The van der Waals surface area contributed by atoms with Crippen molar-refractivity contribution in [2.45, 2.75) is 30.7 Å². The number of alkyl halides is 1. The molecule has 3 rings (SSSR count). The molecule has 0 spiro atoms. The van der Waals surface area contributed by atoms with Gasteiger partial charge in [-0.3, -0.25) is 4.57 Å². The van der Waals surface area contributed by atoms with Crippen LogP contribution in [-0.4, -0.2) is 49.9 Å². The van der Waals surface area contributed by atoms with E-state index in [1.165, 1.54) is 18.2 Å². The molecule has 1 fully saturated rings. The molecule has 27 heavy (non-hydrogen) atoms. The van der Waals surface area contributed by atoms with Crippen LogP contribution in [0, 0.1) is 0 Å². The van der Waals surface area contributed by atoms with Gasteiger partial charge in [0, 0.05) is 6.20 Å². The first-order chi connectivity index (χ1) is 12.6. The monoisotopic (exact) mass is 379 g/mol. The Kier molecular flexibility index (Phi) is 4.72. The Morgan fingerprint density at radius 1 is 1.41 bits per heavy atom. The van der Waals surface area contributed by atoms with E-state index >= 15 is 4.39 Å². The summed E-state index contributed by atoms with van der Waals surface area (Å²) < 4.78 is 25.9. The average molecular weight is 379 g/mol. The topological polar surface area (TPSA) is 137 Å². The highest BCUT2D eigenvalue weighted by atomic mass is 19.2. The van der Waals surface area contributed by atoms with E-state index in [1.54, 1.807) is 18.2 Å². The number of hydrogen-bond donors (Lipinski definition) is 3. The molecule has 0 bridgehead atoms. The van der Waals surface area contributed by atoms with E-state index in [1.807, 2.05) is 0 Å². The Balaban J connectivity index is 1.82. The number of carbonyl (C=O) groups excluding carboxylic acids is 1. The molecule has 0 saturated carbocycles. The third-order valence-electron chi connectivity index (χ3n) is 4.28. The van der Waals surface area contributed by atoms with Crippen molar-refractivity contribution in [3.05, 3.63) is 58.6 Å². The standard InChI is InChI=1S/C17H18FN3O6/c1-16(25)13(23)17(18,9-26-12(22)10-5-3-2-4-6-10)27-14(16)21-8-7-11(19)20-15(21)24/h2-8,13-14,23,25H,9H2,1H3,(H2,19,20,24)/t13-,14+,16+,17+/m0/s1. The first-order valence-corrected chi connectivity index (χ1v) is 7.99. The third-order valence-corrected chi connectivity index (χ3v) is 4.28. The zero-order chi connectivity index (χ0) is 19.8. The zero-order valence-electron chi connectivity index (χ0n) is 14.3. The number of esters is 1. The van der Waals surface area contributed by atoms with Gasteiger partial charge in [0.1, 0.15) is 17.5 Å². The second-order valence-electron chi connectivity index (χ2n) is 6.37. The Hall–Kier alpha value is -2.82. The minimum Gasteiger partial charge on any atom is -0.456 e. The molecule has 2 heterocycles. The van der Waals surface area contributed by atoms with E-state index in [2.05, 4.69) is 4.98 Å². The molecule has 4 N–H and O–H groups in total. The first-order valence-electron chi connectivity index (χ1n) is 7.99. The normalized spacial score (nSPS) is 30.2. The second kappa shape index (κ2) is 6.72. The highest BCUT2D eigenvalue weighted by Crippen LogP contribution is 2.44. The number of halogens is 1. The number of anilines is 1. The van der Waals surface area contributed by atoms with Crippen molar-refractivity contribution in [1.82, 2.24) is 9.55 Å². The summed E-state index contributed by atoms with van der Waals surface area (Å²) in [6.07, 6.45) is -2.57. The van der Waals surface area contributed by atoms with Gasteiger partial charge in [0.05, 0.1) is 5.56 Å². The van der Waals surface area contributed by atoms with Gasteiger partial charge >= 0.3 is 11.7 Å². The van der Waals surface area contributed by atoms with Gasteiger partial charge in [0.25, 0.3) is 5.85 Å². The van der Waals surface area contributed by atoms with Gasteiger partial charge in [0.15, 0.2) is 12.8 Å². The number of ether oxygens (including phenoxy) is 2. The minimum atomic E-state index is -2.95. The fraction of sp³-hybridized carbons (Fsp3) is 0.353. The Labute approximate surface area is 152 Å². The second-order valence-corrected chi connectivity index (χ2v) is 6.37. The van der Waals surface area contributed by atoms with Crippen LogP contribution >= 0.6 is 0 Å². The molecule has 0 aliphatic carbocycles. The smallest absolute Gasteiger partial charge is 0.351 e. The van der Waals surface area contributed by atoms with Crippen LogP contribution in [0.2, 0.25) is 0 Å². The van der Waals surface area contributed by atoms with Crippen molar-refractivity contribution in [2.75, 3.05) is 12.3 Å². The van der Waals surface area contributed by atoms with Crippen molar-refractivity contribution < 1.29 is 28.9 Å². The van der Waals surface area contributed by atoms with Crippen molar-refractivity contribution >= 4 is 11.8 Å². The molecular formula is C17H18FN3O6. The number of hydrogen-bond acceptors (Lipinski definition) is 8. The largest absolute Gasteiger partial charge is 0.456 e. The van der Waals surface area contributed by atoms with Crippen molar-refractivity contribution in [3.8, 4) is 0 Å². The van der Waals surface area contributed by atoms with E-state index in [0.717, 1.165) is 17.7 Å². The molecule has 1 aliphatic rings. The third kappa shape index (κ3) is 3.42. The van der Waals surface area contributed by atoms with Gasteiger partial charge in [-0.25, -0.2) is 14.0 Å². The molecule has 1 aromatic carbocycles. The van der Waals surface area contributed by atoms with Gasteiger partial charge in [-0.1, -0.05) is 18.2 Å². The lowest BCUT2D eigenvalue weighted by Crippen LogP contribution is -2.50. The predicted molar refractivity (Wildman–Crippen MR) is 90.2 cm³/mol. The molecule has 0 amide bonds. The fourth-order valence-electron chi connectivity index (χ4n) is 2.82. The van der Waals surface area contributed by atoms with Crippen LogP contribution in [0.5, 0.6) is 0 Å². The van der Waals surface area contributed by atoms with Crippen LogP contribution in [0.3, 0.4) is 0 Å². The Morgan fingerprint density at radius 3 is 2.70 bits per heavy atom. The summed E-state index contributed by atoms with van der Waals surface area (Å²) in [5, 5.41) is 20.7. The summed E-state index contributed by atoms with van der Waals surface area (Å²) in [6.45, 7) is 0.0944. The lowest BCUT2D eigenvalue weighted by molar-refractivity contribution is -0.207. The predicted octanol–water partition coefficient (Wildman–Crippen LogP) is -0.0110. The molecule has 144 valence electrons. The van der Waals surface area contributed by atoms with Crippen molar-refractivity contribution in [3.63, 3.8) is 0 Å². The van der Waals surface area contributed by atoms with Gasteiger partial charge in [-0.15, -0.1) is 0 Å². The first kappa shape index (κ1) is 19.0. The highest BCUT2D eigenvalue weighted by Gasteiger charge is 2.63. The number of aliphatic hydroxyl groups is 2. The molecule has 4 atom stereocenters. The lowest BCUT2D eigenvalue weighted by atomic mass is 9.95. The Morgan fingerprint density at radius 2 is 2.07 bits per heavy atom. The van der Waals surface area contributed by atoms with Crippen LogP contribution in [0.25, 0.3) is 0 Å². The SMILES string of the molecule is C[C@]1(O)[C@H](n2ccc(N)nc2=O)O[C@](F)(COC(=O)c2ccccc2)[C@H]1O. The number of nitrogens with zero attached hydrogens (tertiary/aromatic N) is 2. The van der Waals surface area contributed by atoms with Crippen LogP contribution in [0.1, 0.15) is 23.5 Å². The van der Waals surface area contributed by atoms with Gasteiger partial charge in [0.2, 0.25) is 0 Å². The maximum Gasteiger partial charge on any atom is 0.351 e. The minimum absolute atomic E-state index is 0.0715. The van der Waals surface area contributed by atoms with E-state index in [9.17, 15) is 19.8 Å². The van der Waals surface area contributed by atoms with E-state index in [4.69, 9.17) is 15.2 Å². The summed E-state index contributed by atoms with van der Waals surface area (Å²) in [5.41, 5.74) is 2.46. The highest BCUT2D eigenvalue weighted by molar-refractivity contribution is 5.89. The maximum atomic E-state index is 15.2. The van der Waals surface area contributed by atoms with E-state index in [-0.39, 0.29) is 11.4 Å². The maximum absolute atomic E-state index is 15.2. The quantitative estimate of drug-likeness (QED) is 0.631. The van der Waals surface area contributed by atoms with Crippen molar-refractivity contribution in [2.24, 2.45) is 0 Å². The number of carbonyl (C=O) groups is 1. The fourth-order valence-corrected chi connectivity index (χ4v) is 2.82. The van der Waals surface area contributed by atoms with Crippen molar-refractivity contribution in [1.29, 1.82) is 0 Å². The molecular weight excluding hydrogens is 361 g/mol. The number of aromatic nitrogens is 2. The summed E-state index contributed by atoms with van der Waals surface area (Å²) in [5.74, 6) is -3.85. The van der Waals surface area contributed by atoms with Crippen LogP contribution in [-0.2, 0) is 9.47 Å². The summed E-state index contributed by atoms with van der Waals surface area (Å²) >= 11 is 0. The molecule has 10 heteroatoms. The number of benzene rings is 1. The number of nitrogens with two attached hydrogens (primary N) is 1. The van der Waals surface area contributed by atoms with E-state index in [0.29, 0.717) is 0 Å². The van der Waals surface area contributed by atoms with Crippen LogP contribution in [0.4, 0.5) is 10.2 Å². The molecule has 1 aromatic heterocycles. The van der Waals surface area contributed by atoms with E-state index < -0.39 is 42.1 Å².